The van der Waals surface area contributed by atoms with Crippen molar-refractivity contribution < 1.29 is 9.53 Å². The van der Waals surface area contributed by atoms with Crippen molar-refractivity contribution >= 4 is 5.91 Å². The molecule has 25 heavy (non-hydrogen) atoms. The lowest BCUT2D eigenvalue weighted by atomic mass is 9.94. The van der Waals surface area contributed by atoms with Crippen LogP contribution in [0.3, 0.4) is 0 Å². The number of ether oxygens (including phenoxy) is 1. The van der Waals surface area contributed by atoms with Gasteiger partial charge in [0.15, 0.2) is 0 Å². The molecule has 0 aliphatic carbocycles. The minimum Gasteiger partial charge on any atom is -0.375 e. The van der Waals surface area contributed by atoms with E-state index >= 15 is 0 Å². The number of carbonyl (C=O) groups excluding carboxylic acids is 1. The smallest absolute Gasteiger partial charge is 0.267 e. The van der Waals surface area contributed by atoms with E-state index in [-0.39, 0.29) is 29.7 Å². The Morgan fingerprint density at radius 2 is 2.04 bits per heavy atom. The Labute approximate surface area is 146 Å². The fourth-order valence-corrected chi connectivity index (χ4v) is 3.09. The van der Waals surface area contributed by atoms with E-state index in [2.05, 4.69) is 10.4 Å². The Balaban J connectivity index is 1.70. The Morgan fingerprint density at radius 1 is 1.28 bits per heavy atom. The molecule has 0 unspecified atom stereocenters. The third kappa shape index (κ3) is 4.54. The maximum Gasteiger partial charge on any atom is 0.267 e. The second-order valence-corrected chi connectivity index (χ2v) is 6.95. The summed E-state index contributed by atoms with van der Waals surface area (Å²) in [6.45, 7) is 4.57. The van der Waals surface area contributed by atoms with Gasteiger partial charge in [-0.2, -0.15) is 5.10 Å². The molecule has 0 spiro atoms. The largest absolute Gasteiger partial charge is 0.375 e. The zero-order chi connectivity index (χ0) is 17.9. The van der Waals surface area contributed by atoms with Crippen LogP contribution < -0.4 is 10.9 Å². The summed E-state index contributed by atoms with van der Waals surface area (Å²) >= 11 is 0. The molecule has 2 heterocycles. The number of nitrogens with one attached hydrogen (secondary N) is 1. The van der Waals surface area contributed by atoms with Gasteiger partial charge in [0.25, 0.3) is 5.56 Å². The van der Waals surface area contributed by atoms with Gasteiger partial charge in [-0.1, -0.05) is 30.3 Å². The quantitative estimate of drug-likeness (QED) is 0.923. The number of hydrogen-bond acceptors (Lipinski definition) is 4. The average Bonchev–Trinajstić information content (AvgIpc) is 2.56. The van der Waals surface area contributed by atoms with E-state index in [0.717, 1.165) is 18.4 Å². The first-order valence-corrected chi connectivity index (χ1v) is 8.50. The van der Waals surface area contributed by atoms with Crippen molar-refractivity contribution in [3.05, 3.63) is 52.8 Å². The predicted octanol–water partition coefficient (Wildman–Crippen LogP) is 1.98. The van der Waals surface area contributed by atoms with E-state index in [9.17, 15) is 9.59 Å². The lowest BCUT2D eigenvalue weighted by Gasteiger charge is -2.35. The van der Waals surface area contributed by atoms with Crippen LogP contribution >= 0.6 is 0 Å². The van der Waals surface area contributed by atoms with E-state index in [4.69, 9.17) is 4.74 Å². The number of benzene rings is 1. The summed E-state index contributed by atoms with van der Waals surface area (Å²) in [7, 11) is 0. The number of nitrogens with zero attached hydrogens (tertiary/aromatic N) is 2. The molecule has 1 saturated heterocycles. The van der Waals surface area contributed by atoms with Crippen LogP contribution in [0.4, 0.5) is 0 Å². The van der Waals surface area contributed by atoms with Crippen LogP contribution in [0, 0.1) is 0 Å². The Hall–Kier alpha value is -2.47. The van der Waals surface area contributed by atoms with Crippen LogP contribution in [0.15, 0.2) is 47.3 Å². The molecular formula is C19H23N3O3. The van der Waals surface area contributed by atoms with Crippen LogP contribution in [0.1, 0.15) is 26.7 Å². The van der Waals surface area contributed by atoms with E-state index in [1.807, 2.05) is 44.2 Å². The summed E-state index contributed by atoms with van der Waals surface area (Å²) in [5.41, 5.74) is 1.04. The molecule has 1 N–H and O–H groups in total. The lowest BCUT2D eigenvalue weighted by molar-refractivity contribution is -0.124. The first-order chi connectivity index (χ1) is 11.9. The Kier molecular flexibility index (Phi) is 4.99. The maximum absolute atomic E-state index is 12.3. The first kappa shape index (κ1) is 17.4. The fraction of sp³-hybridized carbons (Fsp3) is 0.421. The topological polar surface area (TPSA) is 73.2 Å². The summed E-state index contributed by atoms with van der Waals surface area (Å²) in [6.07, 6.45) is 1.53. The number of hydrogen-bond donors (Lipinski definition) is 1. The highest BCUT2D eigenvalue weighted by atomic mass is 16.5. The second-order valence-electron chi connectivity index (χ2n) is 6.95. The standard InChI is InChI=1S/C19H23N3O3/c1-19(2)12-15(10-11-25-19)20-17(23)13-22-18(24)9-8-16(21-22)14-6-4-3-5-7-14/h3-9,15H,10-13H2,1-2H3,(H,20,23)/t15-/m0/s1. The van der Waals surface area contributed by atoms with Crippen LogP contribution in [-0.4, -0.2) is 33.9 Å². The molecule has 1 aromatic carbocycles. The van der Waals surface area contributed by atoms with Crippen molar-refractivity contribution in [1.82, 2.24) is 15.1 Å². The zero-order valence-electron chi connectivity index (χ0n) is 14.6. The van der Waals surface area contributed by atoms with E-state index < -0.39 is 0 Å². The molecule has 2 aromatic rings. The Bertz CT molecular complexity index is 799. The first-order valence-electron chi connectivity index (χ1n) is 8.50. The van der Waals surface area contributed by atoms with Crippen molar-refractivity contribution in [2.75, 3.05) is 6.61 Å². The molecule has 1 aliphatic heterocycles. The van der Waals surface area contributed by atoms with E-state index in [1.165, 1.54) is 10.7 Å². The molecule has 1 amide bonds. The van der Waals surface area contributed by atoms with Gasteiger partial charge in [0.1, 0.15) is 6.54 Å². The number of amides is 1. The highest BCUT2D eigenvalue weighted by molar-refractivity contribution is 5.76. The van der Waals surface area contributed by atoms with Crippen LogP contribution in [-0.2, 0) is 16.1 Å². The summed E-state index contributed by atoms with van der Waals surface area (Å²) in [5, 5.41) is 7.31. The number of aromatic nitrogens is 2. The third-order valence-electron chi connectivity index (χ3n) is 4.29. The van der Waals surface area contributed by atoms with Gasteiger partial charge in [0, 0.05) is 24.3 Å². The molecule has 0 radical (unpaired) electrons. The van der Waals surface area contributed by atoms with Crippen molar-refractivity contribution in [1.29, 1.82) is 0 Å². The van der Waals surface area contributed by atoms with E-state index in [0.29, 0.717) is 12.3 Å². The molecular weight excluding hydrogens is 318 g/mol. The molecule has 0 bridgehead atoms. The molecule has 6 nitrogen and oxygen atoms in total. The van der Waals surface area contributed by atoms with Crippen LogP contribution in [0.2, 0.25) is 0 Å². The lowest BCUT2D eigenvalue weighted by Crippen LogP contribution is -2.47. The summed E-state index contributed by atoms with van der Waals surface area (Å²) in [6, 6.07) is 12.8. The molecule has 6 heteroatoms. The second kappa shape index (κ2) is 7.19. The van der Waals surface area contributed by atoms with Gasteiger partial charge in [-0.3, -0.25) is 9.59 Å². The highest BCUT2D eigenvalue weighted by Crippen LogP contribution is 2.23. The van der Waals surface area contributed by atoms with Gasteiger partial charge >= 0.3 is 0 Å². The summed E-state index contributed by atoms with van der Waals surface area (Å²) in [4.78, 5) is 24.4. The number of rotatable bonds is 4. The van der Waals surface area contributed by atoms with Crippen molar-refractivity contribution in [2.24, 2.45) is 0 Å². The van der Waals surface area contributed by atoms with Crippen molar-refractivity contribution in [2.45, 2.75) is 44.9 Å². The van der Waals surface area contributed by atoms with Crippen LogP contribution in [0.25, 0.3) is 11.3 Å². The van der Waals surface area contributed by atoms with Crippen molar-refractivity contribution in [3.8, 4) is 11.3 Å². The van der Waals surface area contributed by atoms with Gasteiger partial charge in [-0.25, -0.2) is 4.68 Å². The molecule has 0 saturated carbocycles. The highest BCUT2D eigenvalue weighted by Gasteiger charge is 2.29. The van der Waals surface area contributed by atoms with Gasteiger partial charge in [-0.15, -0.1) is 0 Å². The molecule has 1 aromatic heterocycles. The maximum atomic E-state index is 12.3. The summed E-state index contributed by atoms with van der Waals surface area (Å²) < 4.78 is 6.87. The molecule has 1 fully saturated rings. The van der Waals surface area contributed by atoms with Gasteiger partial charge in [0.05, 0.1) is 11.3 Å². The monoisotopic (exact) mass is 341 g/mol. The molecule has 1 atom stereocenters. The molecule has 1 aliphatic rings. The zero-order valence-corrected chi connectivity index (χ0v) is 14.6. The minimum absolute atomic E-state index is 0.0595. The predicted molar refractivity (Wildman–Crippen MR) is 95.1 cm³/mol. The average molecular weight is 341 g/mol. The van der Waals surface area contributed by atoms with Gasteiger partial charge in [-0.05, 0) is 32.8 Å². The van der Waals surface area contributed by atoms with Crippen molar-refractivity contribution in [3.63, 3.8) is 0 Å². The normalized spacial score (nSPS) is 19.4. The van der Waals surface area contributed by atoms with Crippen LogP contribution in [0.5, 0.6) is 0 Å². The van der Waals surface area contributed by atoms with Gasteiger partial charge < -0.3 is 10.1 Å². The molecule has 132 valence electrons. The Morgan fingerprint density at radius 3 is 2.76 bits per heavy atom. The minimum atomic E-state index is -0.290. The fourth-order valence-electron chi connectivity index (χ4n) is 3.09. The van der Waals surface area contributed by atoms with E-state index in [1.54, 1.807) is 6.07 Å². The molecule has 3 rings (SSSR count). The number of carbonyl (C=O) groups is 1. The SMILES string of the molecule is CC1(C)C[C@@H](NC(=O)Cn2nc(-c3ccccc3)ccc2=O)CCO1. The third-order valence-corrected chi connectivity index (χ3v) is 4.29. The summed E-state index contributed by atoms with van der Waals surface area (Å²) in [5.74, 6) is -0.206. The van der Waals surface area contributed by atoms with Gasteiger partial charge in [0.2, 0.25) is 5.91 Å².